The Hall–Kier alpha value is -4.42. The molecular weight excluding hydrogens is 484 g/mol. The van der Waals surface area contributed by atoms with Gasteiger partial charge in [-0.2, -0.15) is 0 Å². The van der Waals surface area contributed by atoms with Gasteiger partial charge >= 0.3 is 0 Å². The van der Waals surface area contributed by atoms with Gasteiger partial charge in [0.05, 0.1) is 20.2 Å². The molecule has 4 heterocycles. The zero-order chi connectivity index (χ0) is 26.2. The van der Waals surface area contributed by atoms with Crippen molar-refractivity contribution in [1.82, 2.24) is 35.0 Å². The van der Waals surface area contributed by atoms with Gasteiger partial charge in [-0.15, -0.1) is 5.10 Å². The number of rotatable bonds is 7. The third-order valence-corrected chi connectivity index (χ3v) is 6.17. The second-order valence-corrected chi connectivity index (χ2v) is 8.82. The van der Waals surface area contributed by atoms with Gasteiger partial charge in [0, 0.05) is 54.6 Å². The molecule has 0 radical (unpaired) electrons. The summed E-state index contributed by atoms with van der Waals surface area (Å²) >= 11 is 0. The minimum absolute atomic E-state index is 0.0162. The van der Waals surface area contributed by atoms with Crippen molar-refractivity contribution in [2.75, 3.05) is 30.8 Å². The first-order chi connectivity index (χ1) is 17.7. The zero-order valence-corrected chi connectivity index (χ0v) is 20.3. The molecule has 37 heavy (non-hydrogen) atoms. The number of ether oxygens (including phenoxy) is 1. The summed E-state index contributed by atoms with van der Waals surface area (Å²) in [6.45, 7) is 2.03. The Morgan fingerprint density at radius 3 is 2.73 bits per heavy atom. The van der Waals surface area contributed by atoms with Gasteiger partial charge in [0.1, 0.15) is 17.4 Å². The van der Waals surface area contributed by atoms with Gasteiger partial charge in [0.15, 0.2) is 0 Å². The number of fused-ring (bicyclic) bond motifs is 1. The first kappa shape index (κ1) is 24.3. The molecule has 1 saturated heterocycles. The van der Waals surface area contributed by atoms with E-state index in [1.165, 1.54) is 4.90 Å². The number of nitrogen functional groups attached to an aromatic ring is 1. The van der Waals surface area contributed by atoms with E-state index in [0.29, 0.717) is 23.0 Å². The summed E-state index contributed by atoms with van der Waals surface area (Å²) < 4.78 is 34.0. The van der Waals surface area contributed by atoms with E-state index in [1.807, 2.05) is 12.1 Å². The molecule has 11 nitrogen and oxygen atoms in total. The van der Waals surface area contributed by atoms with Gasteiger partial charge in [0.25, 0.3) is 11.8 Å². The van der Waals surface area contributed by atoms with Crippen molar-refractivity contribution in [3.63, 3.8) is 0 Å². The summed E-state index contributed by atoms with van der Waals surface area (Å²) in [6.07, 6.45) is 4.54. The van der Waals surface area contributed by atoms with Crippen LogP contribution in [0.5, 0.6) is 5.75 Å². The van der Waals surface area contributed by atoms with Crippen LogP contribution in [0.3, 0.4) is 0 Å². The summed E-state index contributed by atoms with van der Waals surface area (Å²) in [5.74, 6) is -1.39. The molecule has 5 rings (SSSR count). The Morgan fingerprint density at radius 2 is 2.03 bits per heavy atom. The van der Waals surface area contributed by atoms with Crippen LogP contribution in [-0.2, 0) is 13.1 Å². The van der Waals surface area contributed by atoms with Gasteiger partial charge in [-0.05, 0) is 30.5 Å². The van der Waals surface area contributed by atoms with Crippen LogP contribution in [0.15, 0.2) is 36.8 Å². The number of hydrogen-bond donors (Lipinski definition) is 2. The number of amides is 1. The molecule has 0 aliphatic carbocycles. The lowest BCUT2D eigenvalue weighted by Crippen LogP contribution is -2.26. The number of nitrogens with zero attached hydrogens (tertiary/aromatic N) is 7. The number of carbonyl (C=O) groups excluding carboxylic acids is 1. The number of anilines is 2. The van der Waals surface area contributed by atoms with Crippen LogP contribution < -0.4 is 20.7 Å². The minimum Gasteiger partial charge on any atom is -0.496 e. The van der Waals surface area contributed by atoms with Crippen LogP contribution in [0.2, 0.25) is 0 Å². The van der Waals surface area contributed by atoms with E-state index >= 15 is 0 Å². The molecule has 192 valence electrons. The SMILES string of the molecule is COc1cc2c(N)nccc2cc1CNC(=O)c1nc(C)n(Cc2cnc(N3CCC(F)(F)C3)nc2)n1. The van der Waals surface area contributed by atoms with Crippen LogP contribution in [0.4, 0.5) is 20.5 Å². The highest BCUT2D eigenvalue weighted by Gasteiger charge is 2.39. The first-order valence-corrected chi connectivity index (χ1v) is 11.6. The Balaban J connectivity index is 1.25. The summed E-state index contributed by atoms with van der Waals surface area (Å²) in [5.41, 5.74) is 7.41. The third kappa shape index (κ3) is 5.10. The number of nitrogens with one attached hydrogen (secondary N) is 1. The van der Waals surface area contributed by atoms with Crippen LogP contribution in [0, 0.1) is 6.92 Å². The zero-order valence-electron chi connectivity index (χ0n) is 20.3. The molecular formula is C24H25F2N9O2. The number of nitrogens with two attached hydrogens (primary N) is 1. The molecule has 0 atom stereocenters. The maximum atomic E-state index is 13.5. The summed E-state index contributed by atoms with van der Waals surface area (Å²) in [5, 5.41) is 8.78. The van der Waals surface area contributed by atoms with Crippen LogP contribution >= 0.6 is 0 Å². The number of benzene rings is 1. The Bertz CT molecular complexity index is 1460. The van der Waals surface area contributed by atoms with Crippen molar-refractivity contribution >= 4 is 28.4 Å². The largest absolute Gasteiger partial charge is 0.496 e. The monoisotopic (exact) mass is 509 g/mol. The number of hydrogen-bond acceptors (Lipinski definition) is 9. The predicted octanol–water partition coefficient (Wildman–Crippen LogP) is 2.34. The van der Waals surface area contributed by atoms with Gasteiger partial charge < -0.3 is 20.7 Å². The lowest BCUT2D eigenvalue weighted by Gasteiger charge is -2.15. The number of carbonyl (C=O) groups is 1. The van der Waals surface area contributed by atoms with Crippen LogP contribution in [-0.4, -0.2) is 61.7 Å². The van der Waals surface area contributed by atoms with E-state index in [4.69, 9.17) is 10.5 Å². The van der Waals surface area contributed by atoms with Crippen LogP contribution in [0.25, 0.3) is 10.8 Å². The predicted molar refractivity (Wildman–Crippen MR) is 132 cm³/mol. The van der Waals surface area contributed by atoms with Gasteiger partial charge in [-0.3, -0.25) is 4.79 Å². The lowest BCUT2D eigenvalue weighted by atomic mass is 10.1. The summed E-state index contributed by atoms with van der Waals surface area (Å²) in [6, 6.07) is 5.51. The molecule has 0 spiro atoms. The van der Waals surface area contributed by atoms with E-state index in [9.17, 15) is 13.6 Å². The lowest BCUT2D eigenvalue weighted by molar-refractivity contribution is 0.0256. The minimum atomic E-state index is -2.72. The third-order valence-electron chi connectivity index (χ3n) is 6.17. The fraction of sp³-hybridized carbons (Fsp3) is 0.333. The highest BCUT2D eigenvalue weighted by atomic mass is 19.3. The van der Waals surface area contributed by atoms with Crippen molar-refractivity contribution < 1.29 is 18.3 Å². The molecule has 1 aromatic carbocycles. The summed E-state index contributed by atoms with van der Waals surface area (Å²) in [4.78, 5) is 31.0. The highest BCUT2D eigenvalue weighted by molar-refractivity contribution is 5.93. The maximum Gasteiger partial charge on any atom is 0.291 e. The van der Waals surface area contributed by atoms with Gasteiger partial charge in [-0.25, -0.2) is 33.4 Å². The van der Waals surface area contributed by atoms with Crippen LogP contribution in [0.1, 0.15) is 34.0 Å². The smallest absolute Gasteiger partial charge is 0.291 e. The van der Waals surface area contributed by atoms with E-state index in [0.717, 1.165) is 16.3 Å². The Kier molecular flexibility index (Phi) is 6.27. The topological polar surface area (TPSA) is 137 Å². The standard InChI is InChI=1S/C24H25F2N9O2/c1-14-32-21(22(36)29-11-17-7-16-3-5-28-20(27)18(16)8-19(17)37-2)33-35(14)12-15-9-30-23(31-10-15)34-6-4-24(25,26)13-34/h3,5,7-10H,4,6,11-13H2,1-2H3,(H2,27,28)(H,29,36). The van der Waals surface area contributed by atoms with Crippen molar-refractivity contribution in [3.8, 4) is 5.75 Å². The molecule has 0 saturated carbocycles. The molecule has 1 aliphatic heterocycles. The molecule has 13 heteroatoms. The van der Waals surface area contributed by atoms with E-state index in [-0.39, 0.29) is 44.4 Å². The number of aryl methyl sites for hydroxylation is 1. The van der Waals surface area contributed by atoms with Crippen molar-refractivity contribution in [2.24, 2.45) is 0 Å². The van der Waals surface area contributed by atoms with Crippen molar-refractivity contribution in [2.45, 2.75) is 32.4 Å². The molecule has 1 fully saturated rings. The van der Waals surface area contributed by atoms with E-state index in [1.54, 1.807) is 43.4 Å². The molecule has 4 aromatic rings. The highest BCUT2D eigenvalue weighted by Crippen LogP contribution is 2.29. The first-order valence-electron chi connectivity index (χ1n) is 11.6. The molecule has 1 amide bonds. The normalized spacial score (nSPS) is 14.8. The number of pyridine rings is 1. The summed E-state index contributed by atoms with van der Waals surface area (Å²) in [7, 11) is 1.54. The average Bonchev–Trinajstić information content (AvgIpc) is 3.44. The maximum absolute atomic E-state index is 13.5. The fourth-order valence-electron chi connectivity index (χ4n) is 4.19. The number of aromatic nitrogens is 6. The van der Waals surface area contributed by atoms with Gasteiger partial charge in [0.2, 0.25) is 11.8 Å². The number of alkyl halides is 2. The van der Waals surface area contributed by atoms with E-state index < -0.39 is 11.8 Å². The quantitative estimate of drug-likeness (QED) is 0.385. The molecule has 0 unspecified atom stereocenters. The molecule has 3 N–H and O–H groups in total. The second kappa shape index (κ2) is 9.56. The number of methoxy groups -OCH3 is 1. The van der Waals surface area contributed by atoms with E-state index in [2.05, 4.69) is 30.4 Å². The second-order valence-electron chi connectivity index (χ2n) is 8.82. The average molecular weight is 510 g/mol. The fourth-order valence-corrected chi connectivity index (χ4v) is 4.19. The molecule has 0 bridgehead atoms. The molecule has 3 aromatic heterocycles. The van der Waals surface area contributed by atoms with Gasteiger partial charge in [-0.1, -0.05) is 0 Å². The van der Waals surface area contributed by atoms with Crippen molar-refractivity contribution in [3.05, 3.63) is 59.6 Å². The Morgan fingerprint density at radius 1 is 1.24 bits per heavy atom. The number of halogens is 2. The molecule has 1 aliphatic rings. The van der Waals surface area contributed by atoms with Crippen molar-refractivity contribution in [1.29, 1.82) is 0 Å². The Labute approximate surface area is 210 Å².